The molecule has 8 nitrogen and oxygen atoms in total. The summed E-state index contributed by atoms with van der Waals surface area (Å²) in [6.45, 7) is 1.84. The highest BCUT2D eigenvalue weighted by molar-refractivity contribution is 7.99. The van der Waals surface area contributed by atoms with Gasteiger partial charge in [-0.15, -0.1) is 10.2 Å². The number of methoxy groups -OCH3 is 1. The third kappa shape index (κ3) is 6.48. The van der Waals surface area contributed by atoms with Gasteiger partial charge >= 0.3 is 0 Å². The number of halogens is 1. The van der Waals surface area contributed by atoms with Crippen LogP contribution >= 0.6 is 23.4 Å². The first-order valence-corrected chi connectivity index (χ1v) is 11.2. The number of hydrogen-bond donors (Lipinski definition) is 2. The minimum absolute atomic E-state index is 0.123. The van der Waals surface area contributed by atoms with Crippen LogP contribution in [0.25, 0.3) is 0 Å². The van der Waals surface area contributed by atoms with Crippen molar-refractivity contribution in [3.63, 3.8) is 0 Å². The van der Waals surface area contributed by atoms with Crippen molar-refractivity contribution in [2.75, 3.05) is 18.2 Å². The van der Waals surface area contributed by atoms with E-state index in [-0.39, 0.29) is 30.0 Å². The predicted octanol–water partition coefficient (Wildman–Crippen LogP) is 3.63. The number of amides is 2. The summed E-state index contributed by atoms with van der Waals surface area (Å²) in [5, 5.41) is 15.3. The number of thioether (sulfide) groups is 1. The summed E-state index contributed by atoms with van der Waals surface area (Å²) >= 11 is 7.12. The highest BCUT2D eigenvalue weighted by Crippen LogP contribution is 2.20. The standard InChI is InChI=1S/C22H24ClN5O3S/c1-14(24-19(29)12-15-4-10-18(31-3)11-5-15)21-26-27-22(28(21)2)32-13-20(30)25-17-8-6-16(23)7-9-17/h4-11,14H,12-13H2,1-3H3,(H,24,29)(H,25,30)/t14-/m0/s1. The van der Waals surface area contributed by atoms with Gasteiger partial charge < -0.3 is 19.9 Å². The zero-order valence-corrected chi connectivity index (χ0v) is 19.5. The number of nitrogens with zero attached hydrogens (tertiary/aromatic N) is 3. The number of carbonyl (C=O) groups excluding carboxylic acids is 2. The van der Waals surface area contributed by atoms with Gasteiger partial charge in [-0.05, 0) is 48.9 Å². The van der Waals surface area contributed by atoms with Crippen molar-refractivity contribution >= 4 is 40.9 Å². The van der Waals surface area contributed by atoms with Gasteiger partial charge in [0.1, 0.15) is 5.75 Å². The van der Waals surface area contributed by atoms with Crippen LogP contribution in [0.15, 0.2) is 53.7 Å². The Bertz CT molecular complexity index is 1070. The zero-order valence-electron chi connectivity index (χ0n) is 18.0. The largest absolute Gasteiger partial charge is 0.497 e. The van der Waals surface area contributed by atoms with Crippen molar-refractivity contribution in [2.24, 2.45) is 7.05 Å². The van der Waals surface area contributed by atoms with Crippen LogP contribution in [0.2, 0.25) is 5.02 Å². The molecular formula is C22H24ClN5O3S. The molecule has 0 radical (unpaired) electrons. The Morgan fingerprint density at radius 2 is 1.78 bits per heavy atom. The molecule has 1 heterocycles. The SMILES string of the molecule is COc1ccc(CC(=O)N[C@@H](C)c2nnc(SCC(=O)Nc3ccc(Cl)cc3)n2C)cc1. The molecule has 10 heteroatoms. The number of aromatic nitrogens is 3. The summed E-state index contributed by atoms with van der Waals surface area (Å²) < 4.78 is 6.91. The topological polar surface area (TPSA) is 98.1 Å². The summed E-state index contributed by atoms with van der Waals surface area (Å²) in [5.74, 6) is 1.24. The summed E-state index contributed by atoms with van der Waals surface area (Å²) in [6, 6.07) is 13.9. The molecule has 32 heavy (non-hydrogen) atoms. The Labute approximate surface area is 195 Å². The number of anilines is 1. The van der Waals surface area contributed by atoms with Gasteiger partial charge in [0.2, 0.25) is 11.8 Å². The second-order valence-corrected chi connectivity index (χ2v) is 8.44. The number of carbonyl (C=O) groups is 2. The van der Waals surface area contributed by atoms with Gasteiger partial charge in [0, 0.05) is 17.8 Å². The van der Waals surface area contributed by atoms with Crippen molar-refractivity contribution in [1.29, 1.82) is 0 Å². The van der Waals surface area contributed by atoms with Gasteiger partial charge in [0.25, 0.3) is 0 Å². The van der Waals surface area contributed by atoms with E-state index < -0.39 is 0 Å². The van der Waals surface area contributed by atoms with Gasteiger partial charge in [-0.2, -0.15) is 0 Å². The maximum Gasteiger partial charge on any atom is 0.234 e. The van der Waals surface area contributed by atoms with Crippen molar-refractivity contribution in [1.82, 2.24) is 20.1 Å². The Hall–Kier alpha value is -3.04. The van der Waals surface area contributed by atoms with Crippen LogP contribution in [-0.2, 0) is 23.1 Å². The molecule has 2 aromatic carbocycles. The number of rotatable bonds is 9. The van der Waals surface area contributed by atoms with E-state index in [9.17, 15) is 9.59 Å². The van der Waals surface area contributed by atoms with Crippen molar-refractivity contribution < 1.29 is 14.3 Å². The van der Waals surface area contributed by atoms with Gasteiger partial charge in [0.15, 0.2) is 11.0 Å². The Kier molecular flexibility index (Phi) is 8.13. The van der Waals surface area contributed by atoms with Crippen molar-refractivity contribution in [3.8, 4) is 5.75 Å². The van der Waals surface area contributed by atoms with Crippen molar-refractivity contribution in [3.05, 3.63) is 64.9 Å². The van der Waals surface area contributed by atoms with Gasteiger partial charge in [0.05, 0.1) is 25.3 Å². The van der Waals surface area contributed by atoms with E-state index in [0.717, 1.165) is 11.3 Å². The molecule has 0 bridgehead atoms. The van der Waals surface area contributed by atoms with Crippen LogP contribution in [0, 0.1) is 0 Å². The molecule has 2 amide bonds. The van der Waals surface area contributed by atoms with Crippen molar-refractivity contribution in [2.45, 2.75) is 24.5 Å². The first kappa shape index (κ1) is 23.6. The first-order chi connectivity index (χ1) is 15.4. The molecule has 3 aromatic rings. The van der Waals surface area contributed by atoms with E-state index in [4.69, 9.17) is 16.3 Å². The molecule has 168 valence electrons. The average Bonchev–Trinajstić information content (AvgIpc) is 3.15. The summed E-state index contributed by atoms with van der Waals surface area (Å²) in [5.41, 5.74) is 1.56. The fourth-order valence-electron chi connectivity index (χ4n) is 2.98. The molecule has 1 atom stereocenters. The van der Waals surface area contributed by atoms with E-state index in [1.807, 2.05) is 31.2 Å². The lowest BCUT2D eigenvalue weighted by molar-refractivity contribution is -0.121. The lowest BCUT2D eigenvalue weighted by atomic mass is 10.1. The molecule has 0 aliphatic carbocycles. The normalized spacial score (nSPS) is 11.6. The monoisotopic (exact) mass is 473 g/mol. The molecule has 0 unspecified atom stereocenters. The maximum atomic E-state index is 12.4. The highest BCUT2D eigenvalue weighted by Gasteiger charge is 2.18. The predicted molar refractivity (Wildman–Crippen MR) is 125 cm³/mol. The fourth-order valence-corrected chi connectivity index (χ4v) is 3.82. The van der Waals surface area contributed by atoms with Crippen LogP contribution in [-0.4, -0.2) is 39.4 Å². The quantitative estimate of drug-likeness (QED) is 0.460. The second kappa shape index (κ2) is 11.0. The van der Waals surface area contributed by atoms with Crippen LogP contribution in [0.5, 0.6) is 5.75 Å². The van der Waals surface area contributed by atoms with E-state index in [0.29, 0.717) is 21.7 Å². The lowest BCUT2D eigenvalue weighted by Crippen LogP contribution is -2.29. The third-order valence-electron chi connectivity index (χ3n) is 4.62. The Balaban J connectivity index is 1.51. The molecule has 0 aliphatic heterocycles. The third-order valence-corrected chi connectivity index (χ3v) is 5.89. The van der Waals surface area contributed by atoms with E-state index in [1.54, 1.807) is 43.0 Å². The summed E-state index contributed by atoms with van der Waals surface area (Å²) in [4.78, 5) is 24.6. The molecule has 1 aromatic heterocycles. The smallest absolute Gasteiger partial charge is 0.234 e. The van der Waals surface area contributed by atoms with Crippen LogP contribution in [0.3, 0.4) is 0 Å². The van der Waals surface area contributed by atoms with E-state index in [1.165, 1.54) is 11.8 Å². The van der Waals surface area contributed by atoms with Crippen LogP contribution in [0.1, 0.15) is 24.4 Å². The van der Waals surface area contributed by atoms with Gasteiger partial charge in [-0.3, -0.25) is 9.59 Å². The second-order valence-electron chi connectivity index (χ2n) is 7.06. The number of ether oxygens (including phenoxy) is 1. The molecule has 0 fully saturated rings. The van der Waals surface area contributed by atoms with Crippen LogP contribution < -0.4 is 15.4 Å². The molecule has 2 N–H and O–H groups in total. The number of benzene rings is 2. The Morgan fingerprint density at radius 1 is 1.09 bits per heavy atom. The van der Waals surface area contributed by atoms with Crippen LogP contribution in [0.4, 0.5) is 5.69 Å². The van der Waals surface area contributed by atoms with Gasteiger partial charge in [-0.1, -0.05) is 35.5 Å². The molecule has 0 saturated heterocycles. The average molecular weight is 474 g/mol. The zero-order chi connectivity index (χ0) is 23.1. The first-order valence-electron chi connectivity index (χ1n) is 9.85. The lowest BCUT2D eigenvalue weighted by Gasteiger charge is -2.14. The fraction of sp³-hybridized carbons (Fsp3) is 0.273. The maximum absolute atomic E-state index is 12.4. The van der Waals surface area contributed by atoms with E-state index >= 15 is 0 Å². The highest BCUT2D eigenvalue weighted by atomic mass is 35.5. The molecule has 0 aliphatic rings. The number of nitrogens with one attached hydrogen (secondary N) is 2. The van der Waals surface area contributed by atoms with Gasteiger partial charge in [-0.25, -0.2) is 0 Å². The minimum atomic E-state index is -0.338. The number of hydrogen-bond acceptors (Lipinski definition) is 6. The molecule has 0 spiro atoms. The minimum Gasteiger partial charge on any atom is -0.497 e. The Morgan fingerprint density at radius 3 is 2.44 bits per heavy atom. The molecule has 0 saturated carbocycles. The summed E-state index contributed by atoms with van der Waals surface area (Å²) in [6.07, 6.45) is 0.249. The summed E-state index contributed by atoms with van der Waals surface area (Å²) in [7, 11) is 3.41. The molecule has 3 rings (SSSR count). The van der Waals surface area contributed by atoms with E-state index in [2.05, 4.69) is 20.8 Å². The molecular weight excluding hydrogens is 450 g/mol.